The number of pyridine rings is 1. The number of nitrogens with zero attached hydrogens (tertiary/aromatic N) is 4. The summed E-state index contributed by atoms with van der Waals surface area (Å²) in [5.41, 5.74) is 8.32. The van der Waals surface area contributed by atoms with Gasteiger partial charge in [-0.1, -0.05) is 24.8 Å². The van der Waals surface area contributed by atoms with Crippen molar-refractivity contribution in [3.05, 3.63) is 60.4 Å². The van der Waals surface area contributed by atoms with Gasteiger partial charge < -0.3 is 15.1 Å². The number of rotatable bonds is 3. The molecule has 6 nitrogen and oxygen atoms in total. The molecule has 0 radical (unpaired) electrons. The summed E-state index contributed by atoms with van der Waals surface area (Å²) in [5.74, 6) is 0. The van der Waals surface area contributed by atoms with Crippen LogP contribution in [0.5, 0.6) is 0 Å². The Bertz CT molecular complexity index is 884. The highest BCUT2D eigenvalue weighted by Gasteiger charge is 2.20. The molecule has 0 atom stereocenters. The Morgan fingerprint density at radius 2 is 1.96 bits per heavy atom. The van der Waals surface area contributed by atoms with E-state index < -0.39 is 0 Å². The first-order chi connectivity index (χ1) is 13.7. The van der Waals surface area contributed by atoms with E-state index in [0.29, 0.717) is 5.11 Å². The van der Waals surface area contributed by atoms with Crippen LogP contribution in [0.1, 0.15) is 17.7 Å². The number of benzene rings is 1. The van der Waals surface area contributed by atoms with E-state index in [1.807, 2.05) is 18.2 Å². The zero-order valence-corrected chi connectivity index (χ0v) is 16.6. The molecule has 2 N–H and O–H groups in total. The second-order valence-corrected chi connectivity index (χ2v) is 7.21. The number of anilines is 2. The Kier molecular flexibility index (Phi) is 5.53. The van der Waals surface area contributed by atoms with E-state index in [0.717, 1.165) is 61.8 Å². The van der Waals surface area contributed by atoms with Crippen molar-refractivity contribution in [2.45, 2.75) is 6.42 Å². The smallest absolute Gasteiger partial charge is 0.189 e. The summed E-state index contributed by atoms with van der Waals surface area (Å²) in [6.07, 6.45) is 4.48. The van der Waals surface area contributed by atoms with Gasteiger partial charge >= 0.3 is 0 Å². The van der Waals surface area contributed by atoms with Gasteiger partial charge in [-0.15, -0.1) is 0 Å². The number of hydrazone groups is 1. The first-order valence-electron chi connectivity index (χ1n) is 9.53. The van der Waals surface area contributed by atoms with Crippen LogP contribution >= 0.6 is 12.2 Å². The summed E-state index contributed by atoms with van der Waals surface area (Å²) < 4.78 is 0. The van der Waals surface area contributed by atoms with Gasteiger partial charge in [0.25, 0.3) is 0 Å². The highest BCUT2D eigenvalue weighted by molar-refractivity contribution is 7.80. The minimum atomic E-state index is 0.671. The fraction of sp³-hybridized carbons (Fsp3) is 0.286. The number of piperazine rings is 1. The van der Waals surface area contributed by atoms with E-state index in [4.69, 9.17) is 12.2 Å². The summed E-state index contributed by atoms with van der Waals surface area (Å²) in [6.45, 7) is 8.27. The molecule has 1 aromatic heterocycles. The van der Waals surface area contributed by atoms with Gasteiger partial charge in [-0.05, 0) is 42.0 Å². The molecule has 2 aromatic rings. The first kappa shape index (κ1) is 18.4. The number of thiocarbonyl (C=S) groups is 1. The Morgan fingerprint density at radius 1 is 1.18 bits per heavy atom. The lowest BCUT2D eigenvalue weighted by molar-refractivity contribution is 0.381. The Labute approximate surface area is 170 Å². The van der Waals surface area contributed by atoms with Gasteiger partial charge in [0.05, 0.1) is 11.4 Å². The summed E-state index contributed by atoms with van der Waals surface area (Å²) in [6, 6.07) is 12.4. The van der Waals surface area contributed by atoms with Crippen LogP contribution in [0.25, 0.3) is 6.08 Å². The molecule has 1 fully saturated rings. The van der Waals surface area contributed by atoms with Crippen molar-refractivity contribution in [3.63, 3.8) is 0 Å². The third-order valence-corrected chi connectivity index (χ3v) is 5.46. The van der Waals surface area contributed by atoms with Gasteiger partial charge in [-0.25, -0.2) is 0 Å². The van der Waals surface area contributed by atoms with E-state index >= 15 is 0 Å². The molecule has 7 heteroatoms. The SMILES string of the molecule is C=Cc1ccc(N2CCN(C(=S)N/N=C3/CCNc4cccnc43)CC2)cc1. The van der Waals surface area contributed by atoms with Gasteiger partial charge in [0, 0.05) is 51.0 Å². The lowest BCUT2D eigenvalue weighted by Gasteiger charge is -2.37. The second-order valence-electron chi connectivity index (χ2n) is 6.82. The van der Waals surface area contributed by atoms with E-state index in [-0.39, 0.29) is 0 Å². The lowest BCUT2D eigenvalue weighted by Crippen LogP contribution is -2.51. The number of fused-ring (bicyclic) bond motifs is 1. The van der Waals surface area contributed by atoms with Crippen molar-refractivity contribution in [2.75, 3.05) is 42.9 Å². The van der Waals surface area contributed by atoms with Gasteiger partial charge in [0.2, 0.25) is 0 Å². The van der Waals surface area contributed by atoms with Crippen LogP contribution in [-0.2, 0) is 0 Å². The Balaban J connectivity index is 1.34. The van der Waals surface area contributed by atoms with Gasteiger partial charge in [-0.2, -0.15) is 5.10 Å². The first-order valence-corrected chi connectivity index (χ1v) is 9.93. The van der Waals surface area contributed by atoms with Crippen LogP contribution in [0.2, 0.25) is 0 Å². The lowest BCUT2D eigenvalue weighted by atomic mass is 10.1. The van der Waals surface area contributed by atoms with Gasteiger partial charge in [0.15, 0.2) is 5.11 Å². The molecule has 2 aliphatic heterocycles. The molecule has 28 heavy (non-hydrogen) atoms. The third kappa shape index (κ3) is 3.99. The van der Waals surface area contributed by atoms with E-state index in [9.17, 15) is 0 Å². The molecular weight excluding hydrogens is 368 g/mol. The standard InChI is InChI=1S/C21H24N6S/c1-2-16-5-7-17(8-6-16)26-12-14-27(15-13-26)21(28)25-24-19-9-11-22-18-4-3-10-23-20(18)19/h2-8,10,22H,1,9,11-15H2,(H,25,28)/b24-19-. The molecule has 144 valence electrons. The molecule has 0 amide bonds. The van der Waals surface area contributed by atoms with Gasteiger partial charge in [0.1, 0.15) is 5.69 Å². The summed E-state index contributed by atoms with van der Waals surface area (Å²) >= 11 is 5.57. The molecule has 0 spiro atoms. The van der Waals surface area contributed by atoms with Crippen molar-refractivity contribution in [2.24, 2.45) is 5.10 Å². The molecule has 0 unspecified atom stereocenters. The maximum atomic E-state index is 5.57. The maximum absolute atomic E-state index is 5.57. The molecule has 1 aromatic carbocycles. The average molecular weight is 393 g/mol. The number of hydrogen-bond acceptors (Lipinski definition) is 5. The maximum Gasteiger partial charge on any atom is 0.189 e. The predicted octanol–water partition coefficient (Wildman–Crippen LogP) is 2.94. The van der Waals surface area contributed by atoms with Crippen LogP contribution in [-0.4, -0.2) is 53.4 Å². The van der Waals surface area contributed by atoms with Crippen LogP contribution in [0.3, 0.4) is 0 Å². The summed E-state index contributed by atoms with van der Waals surface area (Å²) in [5, 5.41) is 8.57. The second kappa shape index (κ2) is 8.39. The van der Waals surface area contributed by atoms with E-state index in [2.05, 4.69) is 61.5 Å². The molecule has 3 heterocycles. The average Bonchev–Trinajstić information content (AvgIpc) is 2.77. The summed E-state index contributed by atoms with van der Waals surface area (Å²) in [7, 11) is 0. The Morgan fingerprint density at radius 3 is 2.71 bits per heavy atom. The predicted molar refractivity (Wildman–Crippen MR) is 120 cm³/mol. The molecule has 0 saturated carbocycles. The number of aromatic nitrogens is 1. The summed E-state index contributed by atoms with van der Waals surface area (Å²) in [4.78, 5) is 9.00. The molecule has 2 aliphatic rings. The monoisotopic (exact) mass is 392 g/mol. The minimum Gasteiger partial charge on any atom is -0.383 e. The van der Waals surface area contributed by atoms with E-state index in [1.54, 1.807) is 6.20 Å². The Hall–Kier alpha value is -2.93. The highest BCUT2D eigenvalue weighted by Crippen LogP contribution is 2.20. The van der Waals surface area contributed by atoms with Crippen LogP contribution < -0.4 is 15.6 Å². The van der Waals surface area contributed by atoms with Crippen LogP contribution in [0.4, 0.5) is 11.4 Å². The number of hydrogen-bond donors (Lipinski definition) is 2. The fourth-order valence-electron chi connectivity index (χ4n) is 3.50. The van der Waals surface area contributed by atoms with Crippen molar-refractivity contribution in [3.8, 4) is 0 Å². The van der Waals surface area contributed by atoms with E-state index in [1.165, 1.54) is 5.69 Å². The number of nitrogens with one attached hydrogen (secondary N) is 2. The largest absolute Gasteiger partial charge is 0.383 e. The van der Waals surface area contributed by atoms with Crippen molar-refractivity contribution < 1.29 is 0 Å². The quantitative estimate of drug-likeness (QED) is 0.619. The van der Waals surface area contributed by atoms with Crippen LogP contribution in [0.15, 0.2) is 54.3 Å². The highest BCUT2D eigenvalue weighted by atomic mass is 32.1. The minimum absolute atomic E-state index is 0.671. The third-order valence-electron chi connectivity index (χ3n) is 5.11. The molecular formula is C21H24N6S. The normalized spacial score (nSPS) is 17.6. The zero-order valence-electron chi connectivity index (χ0n) is 15.8. The van der Waals surface area contributed by atoms with Crippen LogP contribution in [0, 0.1) is 0 Å². The van der Waals surface area contributed by atoms with Gasteiger partial charge in [-0.3, -0.25) is 10.4 Å². The van der Waals surface area contributed by atoms with Crippen molar-refractivity contribution >= 4 is 40.5 Å². The zero-order chi connectivity index (χ0) is 19.3. The molecule has 0 bridgehead atoms. The topological polar surface area (TPSA) is 55.8 Å². The molecule has 1 saturated heterocycles. The van der Waals surface area contributed by atoms with Crippen molar-refractivity contribution in [1.29, 1.82) is 0 Å². The fourth-order valence-corrected chi connectivity index (χ4v) is 3.72. The molecule has 4 rings (SSSR count). The molecule has 0 aliphatic carbocycles. The van der Waals surface area contributed by atoms with Crippen molar-refractivity contribution in [1.82, 2.24) is 15.3 Å².